The van der Waals surface area contributed by atoms with E-state index in [9.17, 15) is 4.79 Å². The van der Waals surface area contributed by atoms with Crippen molar-refractivity contribution in [2.45, 2.75) is 44.6 Å². The van der Waals surface area contributed by atoms with E-state index in [2.05, 4.69) is 22.1 Å². The molecule has 0 bridgehead atoms. The zero-order valence-corrected chi connectivity index (χ0v) is 17.3. The number of nitrogens with zero attached hydrogens (tertiary/aromatic N) is 3. The van der Waals surface area contributed by atoms with E-state index in [1.165, 1.54) is 11.8 Å². The van der Waals surface area contributed by atoms with Crippen LogP contribution in [-0.4, -0.2) is 25.9 Å². The summed E-state index contributed by atoms with van der Waals surface area (Å²) in [5, 5.41) is 11.9. The first-order valence-electron chi connectivity index (χ1n) is 9.04. The molecule has 0 spiro atoms. The van der Waals surface area contributed by atoms with Crippen LogP contribution in [-0.2, 0) is 11.3 Å². The highest BCUT2D eigenvalue weighted by molar-refractivity contribution is 8.00. The molecule has 3 rings (SSSR count). The van der Waals surface area contributed by atoms with Crippen molar-refractivity contribution in [1.29, 1.82) is 0 Å². The summed E-state index contributed by atoms with van der Waals surface area (Å²) in [5.74, 6) is 1.40. The molecule has 0 radical (unpaired) electrons. The summed E-state index contributed by atoms with van der Waals surface area (Å²) >= 11 is 1.37. The molecule has 7 heteroatoms. The van der Waals surface area contributed by atoms with Gasteiger partial charge in [-0.15, -0.1) is 16.8 Å². The lowest BCUT2D eigenvalue weighted by atomic mass is 10.1. The number of furan rings is 1. The standard InChI is InChI=1S/C21H24N4O2S/c1-6-10-25-19(17-9-11-27-15(17)4)23-24-21(25)28-16(5)20(26)22-18-12-13(2)7-8-14(18)3/h6-9,11-12,16H,1,10H2,2-5H3,(H,22,26)/t16-/m1/s1. The van der Waals surface area contributed by atoms with Gasteiger partial charge in [-0.1, -0.05) is 30.0 Å². The van der Waals surface area contributed by atoms with Gasteiger partial charge in [0.05, 0.1) is 17.1 Å². The van der Waals surface area contributed by atoms with Crippen LogP contribution in [0.3, 0.4) is 0 Å². The Hall–Kier alpha value is -2.80. The molecule has 0 unspecified atom stereocenters. The van der Waals surface area contributed by atoms with Crippen LogP contribution < -0.4 is 5.32 Å². The second kappa shape index (κ2) is 8.48. The normalized spacial score (nSPS) is 12.0. The van der Waals surface area contributed by atoms with Crippen LogP contribution in [0.1, 0.15) is 23.8 Å². The monoisotopic (exact) mass is 396 g/mol. The largest absolute Gasteiger partial charge is 0.469 e. The molecule has 0 saturated heterocycles. The van der Waals surface area contributed by atoms with E-state index in [0.717, 1.165) is 28.1 Å². The number of rotatable bonds is 7. The van der Waals surface area contributed by atoms with E-state index in [4.69, 9.17) is 4.42 Å². The van der Waals surface area contributed by atoms with E-state index >= 15 is 0 Å². The number of anilines is 1. The molecule has 1 atom stereocenters. The SMILES string of the molecule is C=CCn1c(S[C@H](C)C(=O)Nc2cc(C)ccc2C)nnc1-c1ccoc1C. The van der Waals surface area contributed by atoms with E-state index < -0.39 is 0 Å². The van der Waals surface area contributed by atoms with Gasteiger partial charge in [-0.3, -0.25) is 9.36 Å². The third kappa shape index (κ3) is 4.20. The molecule has 0 aliphatic carbocycles. The van der Waals surface area contributed by atoms with Gasteiger partial charge in [-0.25, -0.2) is 0 Å². The molecule has 6 nitrogen and oxygen atoms in total. The number of benzene rings is 1. The number of aromatic nitrogens is 3. The molecular weight excluding hydrogens is 372 g/mol. The molecule has 2 heterocycles. The van der Waals surface area contributed by atoms with Gasteiger partial charge in [0.15, 0.2) is 11.0 Å². The molecule has 0 aliphatic heterocycles. The zero-order valence-electron chi connectivity index (χ0n) is 16.5. The molecule has 2 aromatic heterocycles. The van der Waals surface area contributed by atoms with Crippen molar-refractivity contribution in [3.8, 4) is 11.4 Å². The summed E-state index contributed by atoms with van der Waals surface area (Å²) in [6.45, 7) is 12.1. The summed E-state index contributed by atoms with van der Waals surface area (Å²) in [5.41, 5.74) is 3.85. The van der Waals surface area contributed by atoms with Crippen LogP contribution in [0.2, 0.25) is 0 Å². The number of aryl methyl sites for hydroxylation is 3. The van der Waals surface area contributed by atoms with Gasteiger partial charge in [0.2, 0.25) is 5.91 Å². The number of amides is 1. The smallest absolute Gasteiger partial charge is 0.237 e. The Morgan fingerprint density at radius 1 is 1.32 bits per heavy atom. The van der Waals surface area contributed by atoms with Gasteiger partial charge < -0.3 is 9.73 Å². The van der Waals surface area contributed by atoms with Crippen molar-refractivity contribution in [3.05, 3.63) is 60.1 Å². The molecule has 0 fully saturated rings. The zero-order chi connectivity index (χ0) is 20.3. The third-order valence-corrected chi connectivity index (χ3v) is 5.51. The minimum Gasteiger partial charge on any atom is -0.469 e. The van der Waals surface area contributed by atoms with Crippen LogP contribution in [0.15, 0.2) is 52.8 Å². The van der Waals surface area contributed by atoms with E-state index in [-0.39, 0.29) is 11.2 Å². The van der Waals surface area contributed by atoms with Gasteiger partial charge >= 0.3 is 0 Å². The Balaban J connectivity index is 1.80. The minimum absolute atomic E-state index is 0.0760. The number of thioether (sulfide) groups is 1. The van der Waals surface area contributed by atoms with Crippen LogP contribution in [0.25, 0.3) is 11.4 Å². The van der Waals surface area contributed by atoms with Gasteiger partial charge in [-0.2, -0.15) is 0 Å². The molecule has 1 amide bonds. The summed E-state index contributed by atoms with van der Waals surface area (Å²) in [6.07, 6.45) is 3.41. The van der Waals surface area contributed by atoms with Crippen molar-refractivity contribution < 1.29 is 9.21 Å². The Kier molecular flexibility index (Phi) is 6.04. The molecule has 1 aromatic carbocycles. The number of allylic oxidation sites excluding steroid dienone is 1. The van der Waals surface area contributed by atoms with Crippen molar-refractivity contribution in [2.24, 2.45) is 0 Å². The number of hydrogen-bond acceptors (Lipinski definition) is 5. The highest BCUT2D eigenvalue weighted by Crippen LogP contribution is 2.29. The quantitative estimate of drug-likeness (QED) is 0.460. The lowest BCUT2D eigenvalue weighted by molar-refractivity contribution is -0.115. The Morgan fingerprint density at radius 2 is 2.11 bits per heavy atom. The average molecular weight is 397 g/mol. The van der Waals surface area contributed by atoms with E-state index in [1.54, 1.807) is 12.3 Å². The van der Waals surface area contributed by atoms with Gasteiger partial charge in [0.1, 0.15) is 5.76 Å². The second-order valence-electron chi connectivity index (χ2n) is 6.66. The Bertz CT molecular complexity index is 1010. The lowest BCUT2D eigenvalue weighted by Crippen LogP contribution is -2.23. The predicted octanol–water partition coefficient (Wildman–Crippen LogP) is 4.77. The molecule has 28 heavy (non-hydrogen) atoms. The van der Waals surface area contributed by atoms with Gasteiger partial charge in [0, 0.05) is 12.2 Å². The van der Waals surface area contributed by atoms with Crippen molar-refractivity contribution >= 4 is 23.4 Å². The van der Waals surface area contributed by atoms with Crippen molar-refractivity contribution in [1.82, 2.24) is 14.8 Å². The van der Waals surface area contributed by atoms with E-state index in [1.807, 2.05) is 56.5 Å². The third-order valence-electron chi connectivity index (χ3n) is 4.43. The first kappa shape index (κ1) is 19.9. The fourth-order valence-corrected chi connectivity index (χ4v) is 3.66. The first-order valence-corrected chi connectivity index (χ1v) is 9.92. The highest BCUT2D eigenvalue weighted by atomic mass is 32.2. The van der Waals surface area contributed by atoms with E-state index in [0.29, 0.717) is 17.5 Å². The topological polar surface area (TPSA) is 73.0 Å². The Morgan fingerprint density at radius 3 is 2.79 bits per heavy atom. The number of hydrogen-bond donors (Lipinski definition) is 1. The lowest BCUT2D eigenvalue weighted by Gasteiger charge is -2.14. The van der Waals surface area contributed by atoms with Crippen molar-refractivity contribution in [2.75, 3.05) is 5.32 Å². The fourth-order valence-electron chi connectivity index (χ4n) is 2.80. The van der Waals surface area contributed by atoms with Gasteiger partial charge in [0.25, 0.3) is 0 Å². The predicted molar refractivity (Wildman–Crippen MR) is 113 cm³/mol. The van der Waals surface area contributed by atoms with Gasteiger partial charge in [-0.05, 0) is 51.0 Å². The summed E-state index contributed by atoms with van der Waals surface area (Å²) in [7, 11) is 0. The highest BCUT2D eigenvalue weighted by Gasteiger charge is 2.22. The maximum absolute atomic E-state index is 12.7. The number of carbonyl (C=O) groups is 1. The maximum atomic E-state index is 12.7. The number of nitrogens with one attached hydrogen (secondary N) is 1. The fraction of sp³-hybridized carbons (Fsp3) is 0.286. The summed E-state index contributed by atoms with van der Waals surface area (Å²) in [4.78, 5) is 12.7. The molecule has 1 N–H and O–H groups in total. The minimum atomic E-state index is -0.342. The maximum Gasteiger partial charge on any atom is 0.237 e. The summed E-state index contributed by atoms with van der Waals surface area (Å²) < 4.78 is 7.33. The number of carbonyl (C=O) groups excluding carboxylic acids is 1. The van der Waals surface area contributed by atoms with Crippen LogP contribution in [0.5, 0.6) is 0 Å². The molecular formula is C21H24N4O2S. The first-order chi connectivity index (χ1) is 13.4. The molecule has 3 aromatic rings. The van der Waals surface area contributed by atoms with Crippen LogP contribution in [0.4, 0.5) is 5.69 Å². The second-order valence-corrected chi connectivity index (χ2v) is 7.97. The van der Waals surface area contributed by atoms with Crippen molar-refractivity contribution in [3.63, 3.8) is 0 Å². The summed E-state index contributed by atoms with van der Waals surface area (Å²) in [6, 6.07) is 7.87. The Labute approximate surface area is 169 Å². The van der Waals surface area contributed by atoms with Crippen LogP contribution in [0, 0.1) is 20.8 Å². The molecule has 0 aliphatic rings. The molecule has 146 valence electrons. The average Bonchev–Trinajstić information content (AvgIpc) is 3.24. The van der Waals surface area contributed by atoms with Crippen LogP contribution >= 0.6 is 11.8 Å². The molecule has 0 saturated carbocycles.